The predicted octanol–water partition coefficient (Wildman–Crippen LogP) is 6.43. The van der Waals surface area contributed by atoms with Crippen molar-refractivity contribution in [3.63, 3.8) is 0 Å². The Labute approximate surface area is 215 Å². The number of rotatable bonds is 7. The van der Waals surface area contributed by atoms with E-state index >= 15 is 0 Å². The number of furan rings is 1. The van der Waals surface area contributed by atoms with Crippen LogP contribution in [0.2, 0.25) is 5.02 Å². The van der Waals surface area contributed by atoms with E-state index in [1.165, 1.54) is 18.3 Å². The Morgan fingerprint density at radius 3 is 2.70 bits per heavy atom. The van der Waals surface area contributed by atoms with Crippen LogP contribution in [0.25, 0.3) is 33.5 Å². The molecule has 2 aromatic heterocycles. The van der Waals surface area contributed by atoms with Crippen LogP contribution >= 0.6 is 11.6 Å². The summed E-state index contributed by atoms with van der Waals surface area (Å²) < 4.78 is 12.8. The molecule has 0 bridgehead atoms. The van der Waals surface area contributed by atoms with Crippen molar-refractivity contribution in [2.24, 2.45) is 5.10 Å². The number of nitro groups is 1. The lowest BCUT2D eigenvalue weighted by Gasteiger charge is -2.14. The van der Waals surface area contributed by atoms with E-state index in [0.29, 0.717) is 34.2 Å². The summed E-state index contributed by atoms with van der Waals surface area (Å²) in [7, 11) is 0. The summed E-state index contributed by atoms with van der Waals surface area (Å²) in [5.74, 6) is 0.529. The summed E-state index contributed by atoms with van der Waals surface area (Å²) in [5.41, 5.74) is 0.712. The molecule has 2 heterocycles. The molecule has 0 radical (unpaired) electrons. The molecule has 3 aromatic carbocycles. The third-order valence-electron chi connectivity index (χ3n) is 5.86. The van der Waals surface area contributed by atoms with E-state index in [0.717, 1.165) is 10.1 Å². The number of hydrogen-bond donors (Lipinski definition) is 0. The SMILES string of the molecule is CC[C@@H](C)Oc1c(Cl)cc(C=Nn2c(-c3cc4ccccc4o3)nc3ccccc3c2=O)cc1[N+](=O)[O-]. The first-order valence-electron chi connectivity index (χ1n) is 11.6. The summed E-state index contributed by atoms with van der Waals surface area (Å²) in [6, 6.07) is 18.9. The van der Waals surface area contributed by atoms with Gasteiger partial charge in [0, 0.05) is 17.0 Å². The topological polar surface area (TPSA) is 113 Å². The van der Waals surface area contributed by atoms with Crippen LogP contribution in [-0.4, -0.2) is 26.9 Å². The van der Waals surface area contributed by atoms with Crippen molar-refractivity contribution in [3.8, 4) is 17.3 Å². The van der Waals surface area contributed by atoms with Crippen molar-refractivity contribution >= 4 is 45.4 Å². The smallest absolute Gasteiger partial charge is 0.313 e. The molecule has 0 saturated carbocycles. The molecule has 0 fully saturated rings. The largest absolute Gasteiger partial charge is 0.483 e. The zero-order chi connectivity index (χ0) is 26.1. The summed E-state index contributed by atoms with van der Waals surface area (Å²) in [5, 5.41) is 17.4. The number of ether oxygens (including phenoxy) is 1. The Kier molecular flexibility index (Phi) is 6.45. The van der Waals surface area contributed by atoms with Crippen molar-refractivity contribution in [2.75, 3.05) is 0 Å². The summed E-state index contributed by atoms with van der Waals surface area (Å²) in [6.07, 6.45) is 1.71. The van der Waals surface area contributed by atoms with Gasteiger partial charge in [0.05, 0.1) is 33.2 Å². The molecule has 0 amide bonds. The van der Waals surface area contributed by atoms with Crippen LogP contribution in [-0.2, 0) is 0 Å². The number of nitrogens with zero attached hydrogens (tertiary/aromatic N) is 4. The van der Waals surface area contributed by atoms with Gasteiger partial charge in [-0.3, -0.25) is 14.9 Å². The molecule has 9 nitrogen and oxygen atoms in total. The zero-order valence-corrected chi connectivity index (χ0v) is 20.7. The molecular formula is C27H21ClN4O5. The molecule has 0 spiro atoms. The summed E-state index contributed by atoms with van der Waals surface area (Å²) >= 11 is 6.36. The van der Waals surface area contributed by atoms with Crippen molar-refractivity contribution in [2.45, 2.75) is 26.4 Å². The highest BCUT2D eigenvalue weighted by molar-refractivity contribution is 6.32. The summed E-state index contributed by atoms with van der Waals surface area (Å²) in [6.45, 7) is 3.70. The minimum Gasteiger partial charge on any atom is -0.483 e. The second-order valence-electron chi connectivity index (χ2n) is 8.41. The lowest BCUT2D eigenvalue weighted by Crippen LogP contribution is -2.20. The van der Waals surface area contributed by atoms with Crippen molar-refractivity contribution in [1.82, 2.24) is 9.66 Å². The van der Waals surface area contributed by atoms with E-state index < -0.39 is 10.5 Å². The standard InChI is InChI=1S/C27H21ClN4O5/c1-3-16(2)36-25-20(28)12-17(13-22(25)32(34)35)15-29-31-26(24-14-18-8-4-7-11-23(18)37-24)30-21-10-6-5-9-19(21)27(31)33/h4-16H,3H2,1-2H3/t16-/m1/s1. The van der Waals surface area contributed by atoms with Crippen LogP contribution in [0.3, 0.4) is 0 Å². The van der Waals surface area contributed by atoms with E-state index in [9.17, 15) is 14.9 Å². The lowest BCUT2D eigenvalue weighted by molar-refractivity contribution is -0.386. The van der Waals surface area contributed by atoms with E-state index in [4.69, 9.17) is 20.8 Å². The maximum Gasteiger partial charge on any atom is 0.313 e. The molecule has 10 heteroatoms. The molecular weight excluding hydrogens is 496 g/mol. The number of aromatic nitrogens is 2. The molecule has 186 valence electrons. The summed E-state index contributed by atoms with van der Waals surface area (Å²) in [4.78, 5) is 29.2. The number of fused-ring (bicyclic) bond motifs is 2. The van der Waals surface area contributed by atoms with Gasteiger partial charge in [0.2, 0.25) is 11.6 Å². The van der Waals surface area contributed by atoms with Crippen molar-refractivity contribution in [1.29, 1.82) is 0 Å². The molecule has 0 aliphatic carbocycles. The molecule has 0 saturated heterocycles. The van der Waals surface area contributed by atoms with Gasteiger partial charge in [-0.2, -0.15) is 9.78 Å². The normalized spacial score (nSPS) is 12.4. The fourth-order valence-electron chi connectivity index (χ4n) is 3.82. The average Bonchev–Trinajstić information content (AvgIpc) is 3.33. The highest BCUT2D eigenvalue weighted by atomic mass is 35.5. The van der Waals surface area contributed by atoms with Crippen LogP contribution in [0.5, 0.6) is 5.75 Å². The third-order valence-corrected chi connectivity index (χ3v) is 6.14. The Morgan fingerprint density at radius 1 is 1.19 bits per heavy atom. The predicted molar refractivity (Wildman–Crippen MR) is 143 cm³/mol. The Balaban J connectivity index is 1.66. The molecule has 37 heavy (non-hydrogen) atoms. The van der Waals surface area contributed by atoms with Crippen LogP contribution in [0, 0.1) is 10.1 Å². The highest BCUT2D eigenvalue weighted by Crippen LogP contribution is 2.37. The number of nitro benzene ring substituents is 1. The van der Waals surface area contributed by atoms with Crippen LogP contribution in [0.15, 0.2) is 81.0 Å². The van der Waals surface area contributed by atoms with Crippen LogP contribution < -0.4 is 10.3 Å². The maximum atomic E-state index is 13.4. The van der Waals surface area contributed by atoms with Gasteiger partial charge in [-0.1, -0.05) is 48.9 Å². The third kappa shape index (κ3) is 4.68. The highest BCUT2D eigenvalue weighted by Gasteiger charge is 2.22. The van der Waals surface area contributed by atoms with Crippen molar-refractivity contribution in [3.05, 3.63) is 97.8 Å². The van der Waals surface area contributed by atoms with E-state index in [2.05, 4.69) is 10.1 Å². The number of para-hydroxylation sites is 2. The zero-order valence-electron chi connectivity index (χ0n) is 19.9. The molecule has 0 unspecified atom stereocenters. The molecule has 0 N–H and O–H groups in total. The number of halogens is 1. The fraction of sp³-hybridized carbons (Fsp3) is 0.148. The van der Waals surface area contributed by atoms with E-state index in [1.54, 1.807) is 37.3 Å². The first-order valence-corrected chi connectivity index (χ1v) is 11.9. The minimum atomic E-state index is -0.565. The second-order valence-corrected chi connectivity index (χ2v) is 8.81. The quantitative estimate of drug-likeness (QED) is 0.140. The molecule has 1 atom stereocenters. The molecule has 0 aliphatic heterocycles. The van der Waals surface area contributed by atoms with Gasteiger partial charge < -0.3 is 9.15 Å². The molecule has 5 aromatic rings. The first-order chi connectivity index (χ1) is 17.9. The number of benzene rings is 3. The van der Waals surface area contributed by atoms with Gasteiger partial charge in [0.15, 0.2) is 5.76 Å². The van der Waals surface area contributed by atoms with Gasteiger partial charge in [-0.25, -0.2) is 4.98 Å². The molecule has 5 rings (SSSR count). The van der Waals surface area contributed by atoms with Gasteiger partial charge in [0.25, 0.3) is 5.56 Å². The molecule has 0 aliphatic rings. The van der Waals surface area contributed by atoms with Gasteiger partial charge in [-0.05, 0) is 43.7 Å². The second kappa shape index (κ2) is 9.87. The van der Waals surface area contributed by atoms with Gasteiger partial charge >= 0.3 is 5.69 Å². The Morgan fingerprint density at radius 2 is 1.95 bits per heavy atom. The van der Waals surface area contributed by atoms with E-state index in [-0.39, 0.29) is 28.4 Å². The van der Waals surface area contributed by atoms with Gasteiger partial charge in [0.1, 0.15) is 5.58 Å². The monoisotopic (exact) mass is 516 g/mol. The number of hydrogen-bond acceptors (Lipinski definition) is 7. The first kappa shape index (κ1) is 24.2. The van der Waals surface area contributed by atoms with Crippen LogP contribution in [0.1, 0.15) is 25.8 Å². The van der Waals surface area contributed by atoms with Gasteiger partial charge in [-0.15, -0.1) is 0 Å². The van der Waals surface area contributed by atoms with E-state index in [1.807, 2.05) is 31.2 Å². The maximum absolute atomic E-state index is 13.4. The van der Waals surface area contributed by atoms with Crippen LogP contribution in [0.4, 0.5) is 5.69 Å². The minimum absolute atomic E-state index is 0.00864. The fourth-order valence-corrected chi connectivity index (χ4v) is 4.08. The Bertz CT molecular complexity index is 1710. The Hall–Kier alpha value is -4.50. The van der Waals surface area contributed by atoms with Crippen molar-refractivity contribution < 1.29 is 14.1 Å². The lowest BCUT2D eigenvalue weighted by atomic mass is 10.2. The average molecular weight is 517 g/mol.